The van der Waals surface area contributed by atoms with Crippen LogP contribution >= 0.6 is 0 Å². The van der Waals surface area contributed by atoms with Crippen molar-refractivity contribution < 1.29 is 28.9 Å². The molecule has 8 rings (SSSR count). The van der Waals surface area contributed by atoms with E-state index in [1.54, 1.807) is 38.5 Å². The van der Waals surface area contributed by atoms with Crippen LogP contribution in [0.25, 0.3) is 0 Å². The Hall–Kier alpha value is -6.08. The van der Waals surface area contributed by atoms with Gasteiger partial charge in [0.1, 0.15) is 11.5 Å². The number of ether oxygens (including phenoxy) is 3. The van der Waals surface area contributed by atoms with Gasteiger partial charge in [0.05, 0.1) is 58.8 Å². The van der Waals surface area contributed by atoms with Crippen LogP contribution in [0.5, 0.6) is 11.5 Å². The number of nitrogens with one attached hydrogen (secondary N) is 1. The summed E-state index contributed by atoms with van der Waals surface area (Å²) in [5, 5.41) is 23.7. The minimum Gasteiger partial charge on any atom is -0.497 e. The molecule has 2 N–H and O–H groups in total. The van der Waals surface area contributed by atoms with Crippen molar-refractivity contribution in [3.8, 4) is 11.5 Å². The van der Waals surface area contributed by atoms with E-state index in [9.17, 15) is 9.90 Å². The molecule has 60 heavy (non-hydrogen) atoms. The summed E-state index contributed by atoms with van der Waals surface area (Å²) < 4.78 is 20.1. The highest BCUT2D eigenvalue weighted by Gasteiger charge is 2.66. The average molecular weight is 822 g/mol. The van der Waals surface area contributed by atoms with Gasteiger partial charge < -0.3 is 29.5 Å². The first-order chi connectivity index (χ1) is 29.1. The number of aryl methyl sites for hydroxylation is 1. The Morgan fingerprint density at radius 1 is 0.900 bits per heavy atom. The van der Waals surface area contributed by atoms with Crippen LogP contribution in [0.2, 0.25) is 18.6 Å². The summed E-state index contributed by atoms with van der Waals surface area (Å²) in [7, 11) is 0.804. The summed E-state index contributed by atoms with van der Waals surface area (Å²) in [5.74, 6) is 0.496. The van der Waals surface area contributed by atoms with Crippen molar-refractivity contribution >= 4 is 36.4 Å². The van der Waals surface area contributed by atoms with Gasteiger partial charge in [0.2, 0.25) is 0 Å². The van der Waals surface area contributed by atoms with Crippen molar-refractivity contribution in [1.29, 1.82) is 0 Å². The zero-order valence-corrected chi connectivity index (χ0v) is 35.6. The maximum atomic E-state index is 15.4. The normalized spacial score (nSPS) is 20.3. The van der Waals surface area contributed by atoms with Gasteiger partial charge in [0, 0.05) is 35.5 Å². The van der Waals surface area contributed by atoms with Crippen LogP contribution in [-0.4, -0.2) is 66.9 Å². The fourth-order valence-corrected chi connectivity index (χ4v) is 13.5. The molecule has 6 aromatic rings. The molecular formula is C48H51N5O6Si. The molecule has 3 heterocycles. The van der Waals surface area contributed by atoms with Crippen molar-refractivity contribution in [1.82, 2.24) is 15.0 Å². The number of benzene rings is 5. The first kappa shape index (κ1) is 40.7. The molecule has 2 aliphatic rings. The molecule has 12 heteroatoms. The average Bonchev–Trinajstić information content (AvgIpc) is 3.94. The maximum Gasteiger partial charge on any atom is 0.264 e. The lowest BCUT2D eigenvalue weighted by molar-refractivity contribution is -0.146. The SMILES string of the molecule is COc1ccc(C(=O)Nc2ccc3c(c2)[C@@]2(O[C@H](CCn4cc(C(CO)c5ccccc5)nn4)[C@@H]([Si](C)(C)c4ccc(OC)cc4)[C@@H]2C)C(=O)N3Cc2ccccc2)cc1. The monoisotopic (exact) mass is 821 g/mol. The third-order valence-electron chi connectivity index (χ3n) is 12.6. The number of carbonyl (C=O) groups excluding carboxylic acids is 2. The maximum absolute atomic E-state index is 15.4. The molecule has 1 unspecified atom stereocenters. The lowest BCUT2D eigenvalue weighted by Crippen LogP contribution is -2.51. The Morgan fingerprint density at radius 3 is 2.20 bits per heavy atom. The van der Waals surface area contributed by atoms with Gasteiger partial charge in [-0.1, -0.05) is 103 Å². The second-order valence-corrected chi connectivity index (χ2v) is 21.0. The fraction of sp³-hybridized carbons (Fsp3) is 0.292. The lowest BCUT2D eigenvalue weighted by atomic mass is 9.82. The first-order valence-corrected chi connectivity index (χ1v) is 23.5. The van der Waals surface area contributed by atoms with E-state index in [-0.39, 0.29) is 41.9 Å². The lowest BCUT2D eigenvalue weighted by Gasteiger charge is -2.37. The summed E-state index contributed by atoms with van der Waals surface area (Å²) >= 11 is 0. The smallest absolute Gasteiger partial charge is 0.264 e. The van der Waals surface area contributed by atoms with Crippen molar-refractivity contribution in [2.75, 3.05) is 31.0 Å². The molecule has 2 aliphatic heterocycles. The van der Waals surface area contributed by atoms with Crippen LogP contribution in [0.4, 0.5) is 11.4 Å². The van der Waals surface area contributed by atoms with Crippen LogP contribution in [0, 0.1) is 5.92 Å². The quantitative estimate of drug-likeness (QED) is 0.108. The molecule has 0 saturated carbocycles. The number of hydrogen-bond acceptors (Lipinski definition) is 8. The Kier molecular flexibility index (Phi) is 11.4. The van der Waals surface area contributed by atoms with Crippen molar-refractivity contribution in [3.63, 3.8) is 0 Å². The summed E-state index contributed by atoms with van der Waals surface area (Å²) in [6.07, 6.45) is 2.12. The van der Waals surface area contributed by atoms with Gasteiger partial charge in [-0.15, -0.1) is 5.10 Å². The van der Waals surface area contributed by atoms with E-state index in [4.69, 9.17) is 14.2 Å². The van der Waals surface area contributed by atoms with Crippen LogP contribution in [0.15, 0.2) is 134 Å². The van der Waals surface area contributed by atoms with Crippen LogP contribution in [0.1, 0.15) is 52.0 Å². The van der Waals surface area contributed by atoms with E-state index in [2.05, 4.69) is 47.8 Å². The molecule has 1 aromatic heterocycles. The number of fused-ring (bicyclic) bond motifs is 2. The second-order valence-electron chi connectivity index (χ2n) is 16.3. The number of hydrogen-bond donors (Lipinski definition) is 2. The number of aromatic nitrogens is 3. The summed E-state index contributed by atoms with van der Waals surface area (Å²) in [6.45, 7) is 7.65. The number of aliphatic hydroxyl groups excluding tert-OH is 1. The van der Waals surface area contributed by atoms with Gasteiger partial charge in [0.15, 0.2) is 5.60 Å². The highest BCUT2D eigenvalue weighted by molar-refractivity contribution is 6.91. The Balaban J connectivity index is 1.18. The highest BCUT2D eigenvalue weighted by Crippen LogP contribution is 2.60. The molecular weight excluding hydrogens is 771 g/mol. The van der Waals surface area contributed by atoms with E-state index < -0.39 is 13.7 Å². The molecule has 11 nitrogen and oxygen atoms in total. The van der Waals surface area contributed by atoms with Crippen LogP contribution in [-0.2, 0) is 28.2 Å². The van der Waals surface area contributed by atoms with E-state index in [1.165, 1.54) is 5.19 Å². The van der Waals surface area contributed by atoms with Crippen molar-refractivity contribution in [3.05, 3.63) is 162 Å². The van der Waals surface area contributed by atoms with E-state index in [0.29, 0.717) is 42.2 Å². The minimum atomic E-state index is -2.45. The topological polar surface area (TPSA) is 128 Å². The predicted octanol–water partition coefficient (Wildman–Crippen LogP) is 7.52. The molecule has 0 aliphatic carbocycles. The minimum absolute atomic E-state index is 0.0191. The zero-order chi connectivity index (χ0) is 42.0. The van der Waals surface area contributed by atoms with Gasteiger partial charge in [-0.05, 0) is 77.7 Å². The molecule has 0 radical (unpaired) electrons. The molecule has 0 bridgehead atoms. The molecule has 2 amide bonds. The number of anilines is 2. The Morgan fingerprint density at radius 2 is 1.55 bits per heavy atom. The van der Waals surface area contributed by atoms with Crippen LogP contribution < -0.4 is 24.9 Å². The van der Waals surface area contributed by atoms with E-state index >= 15 is 4.79 Å². The molecule has 5 atom stereocenters. The van der Waals surface area contributed by atoms with Crippen molar-refractivity contribution in [2.45, 2.75) is 62.7 Å². The number of nitrogens with zero attached hydrogens (tertiary/aromatic N) is 4. The van der Waals surface area contributed by atoms with Crippen molar-refractivity contribution in [2.24, 2.45) is 5.92 Å². The Labute approximate surface area is 351 Å². The number of methoxy groups -OCH3 is 2. The van der Waals surface area contributed by atoms with E-state index in [0.717, 1.165) is 28.1 Å². The Bertz CT molecular complexity index is 2440. The standard InChI is InChI=1S/C48H51N5O6Si/c1-32-45(60(4,5)39-23-21-38(58-3)22-24-39)44(26-27-52-30-42(50-51-52)40(31-54)34-14-10-7-11-15-34)59-48(32)41-28-36(49-46(55)35-16-19-37(57-2)20-17-35)18-25-43(41)53(47(48)56)29-33-12-8-6-9-13-33/h6-25,28,30,32,40,44-45,54H,26-27,29,31H2,1-5H3,(H,49,55)/t32-,40?,44+,45-,48+/m0/s1. The molecule has 1 fully saturated rings. The van der Waals surface area contributed by atoms with Gasteiger partial charge in [-0.3, -0.25) is 14.3 Å². The van der Waals surface area contributed by atoms with Gasteiger partial charge >= 0.3 is 0 Å². The summed E-state index contributed by atoms with van der Waals surface area (Å²) in [4.78, 5) is 30.8. The fourth-order valence-electron chi connectivity index (χ4n) is 9.43. The summed E-state index contributed by atoms with van der Waals surface area (Å²) in [5.41, 5.74) is 3.85. The van der Waals surface area contributed by atoms with Gasteiger partial charge in [0.25, 0.3) is 11.8 Å². The molecule has 1 spiro atoms. The summed E-state index contributed by atoms with van der Waals surface area (Å²) in [6, 6.07) is 40.8. The van der Waals surface area contributed by atoms with E-state index in [1.807, 2.05) is 107 Å². The largest absolute Gasteiger partial charge is 0.497 e. The number of aliphatic hydroxyl groups is 1. The molecule has 1 saturated heterocycles. The highest BCUT2D eigenvalue weighted by atomic mass is 28.3. The van der Waals surface area contributed by atoms with Gasteiger partial charge in [-0.2, -0.15) is 0 Å². The third kappa shape index (κ3) is 7.51. The second kappa shape index (κ2) is 16.9. The first-order valence-electron chi connectivity index (χ1n) is 20.4. The zero-order valence-electron chi connectivity index (χ0n) is 34.6. The third-order valence-corrected chi connectivity index (χ3v) is 16.9. The number of amides is 2. The number of carbonyl (C=O) groups is 2. The van der Waals surface area contributed by atoms with Crippen LogP contribution in [0.3, 0.4) is 0 Å². The van der Waals surface area contributed by atoms with Gasteiger partial charge in [-0.25, -0.2) is 0 Å². The molecule has 5 aromatic carbocycles. The predicted molar refractivity (Wildman–Crippen MR) is 235 cm³/mol. The number of rotatable bonds is 14. The molecule has 308 valence electrons.